The van der Waals surface area contributed by atoms with Gasteiger partial charge in [0.1, 0.15) is 9.21 Å². The van der Waals surface area contributed by atoms with E-state index >= 15 is 0 Å². The van der Waals surface area contributed by atoms with E-state index in [9.17, 15) is 0 Å². The van der Waals surface area contributed by atoms with E-state index in [-0.39, 0.29) is 0 Å². The van der Waals surface area contributed by atoms with Gasteiger partial charge in [0.2, 0.25) is 0 Å². The van der Waals surface area contributed by atoms with Gasteiger partial charge in [-0.3, -0.25) is 0 Å². The molecule has 1 aromatic rings. The summed E-state index contributed by atoms with van der Waals surface area (Å²) in [5.41, 5.74) is 0. The predicted molar refractivity (Wildman–Crippen MR) is 60.1 cm³/mol. The Morgan fingerprint density at radius 1 is 1.42 bits per heavy atom. The van der Waals surface area contributed by atoms with E-state index in [1.165, 1.54) is 0 Å². The normalized spacial score (nSPS) is 10.2. The van der Waals surface area contributed by atoms with Gasteiger partial charge in [-0.05, 0) is 54.2 Å². The molecular weight excluding hydrogens is 352 g/mol. The van der Waals surface area contributed by atoms with E-state index in [1.807, 2.05) is 10.6 Å². The summed E-state index contributed by atoms with van der Waals surface area (Å²) >= 11 is 10.1. The topological polar surface area (TPSA) is 17.8 Å². The maximum absolute atomic E-state index is 4.18. The van der Waals surface area contributed by atoms with Gasteiger partial charge in [0.15, 0.2) is 4.73 Å². The fourth-order valence-electron chi connectivity index (χ4n) is 0.791. The summed E-state index contributed by atoms with van der Waals surface area (Å²) in [4.78, 5) is 4.18. The van der Waals surface area contributed by atoms with Crippen molar-refractivity contribution >= 4 is 47.8 Å². The third-order valence-corrected chi connectivity index (χ3v) is 3.87. The van der Waals surface area contributed by atoms with E-state index in [4.69, 9.17) is 0 Å². The van der Waals surface area contributed by atoms with Crippen LogP contribution in [0.4, 0.5) is 0 Å². The SMILES string of the molecule is C=CCCn1c(Br)nc(Br)c1Br. The molecule has 0 atom stereocenters. The van der Waals surface area contributed by atoms with E-state index in [0.717, 1.165) is 26.9 Å². The zero-order valence-electron chi connectivity index (χ0n) is 6.23. The molecule has 1 heterocycles. The van der Waals surface area contributed by atoms with Crippen molar-refractivity contribution in [2.75, 3.05) is 0 Å². The molecule has 0 aromatic carbocycles. The van der Waals surface area contributed by atoms with Gasteiger partial charge in [0.05, 0.1) is 0 Å². The van der Waals surface area contributed by atoms with Crippen molar-refractivity contribution in [3.63, 3.8) is 0 Å². The lowest BCUT2D eigenvalue weighted by Crippen LogP contribution is -1.97. The zero-order valence-corrected chi connectivity index (χ0v) is 11.0. The summed E-state index contributed by atoms with van der Waals surface area (Å²) in [5, 5.41) is 0. The zero-order chi connectivity index (χ0) is 9.14. The van der Waals surface area contributed by atoms with E-state index < -0.39 is 0 Å². The molecule has 0 N–H and O–H groups in total. The molecular formula is C7H7Br3N2. The second-order valence-corrected chi connectivity index (χ2v) is 4.40. The molecule has 0 aliphatic heterocycles. The minimum atomic E-state index is 0.818. The highest BCUT2D eigenvalue weighted by atomic mass is 79.9. The molecule has 1 aromatic heterocycles. The molecule has 0 bridgehead atoms. The van der Waals surface area contributed by atoms with Crippen LogP contribution < -0.4 is 0 Å². The quantitative estimate of drug-likeness (QED) is 0.752. The molecule has 0 aliphatic rings. The first-order valence-electron chi connectivity index (χ1n) is 3.34. The van der Waals surface area contributed by atoms with Crippen molar-refractivity contribution in [3.05, 3.63) is 26.6 Å². The summed E-state index contributed by atoms with van der Waals surface area (Å²) in [5.74, 6) is 0. The molecule has 1 rings (SSSR count). The van der Waals surface area contributed by atoms with Gasteiger partial charge in [-0.25, -0.2) is 4.98 Å². The van der Waals surface area contributed by atoms with E-state index in [0.29, 0.717) is 0 Å². The van der Waals surface area contributed by atoms with Crippen molar-refractivity contribution in [2.45, 2.75) is 13.0 Å². The lowest BCUT2D eigenvalue weighted by Gasteiger charge is -2.02. The fraction of sp³-hybridized carbons (Fsp3) is 0.286. The van der Waals surface area contributed by atoms with Crippen LogP contribution in [0.15, 0.2) is 26.6 Å². The summed E-state index contributed by atoms with van der Waals surface area (Å²) in [6, 6.07) is 0. The highest BCUT2D eigenvalue weighted by Crippen LogP contribution is 2.26. The van der Waals surface area contributed by atoms with Gasteiger partial charge in [0.25, 0.3) is 0 Å². The standard InChI is InChI=1S/C7H7Br3N2/c1-2-3-4-12-6(9)5(8)11-7(12)10/h2H,1,3-4H2. The van der Waals surface area contributed by atoms with Crippen molar-refractivity contribution in [1.82, 2.24) is 9.55 Å². The summed E-state index contributed by atoms with van der Waals surface area (Å²) in [6.45, 7) is 4.54. The van der Waals surface area contributed by atoms with Gasteiger partial charge in [-0.1, -0.05) is 6.08 Å². The second-order valence-electron chi connectivity index (χ2n) is 2.19. The van der Waals surface area contributed by atoms with Crippen molar-refractivity contribution in [1.29, 1.82) is 0 Å². The molecule has 12 heavy (non-hydrogen) atoms. The Hall–Kier alpha value is 0.390. The Morgan fingerprint density at radius 3 is 2.50 bits per heavy atom. The number of hydrogen-bond donors (Lipinski definition) is 0. The monoisotopic (exact) mass is 356 g/mol. The van der Waals surface area contributed by atoms with Crippen LogP contribution in [0, 0.1) is 0 Å². The molecule has 0 radical (unpaired) electrons. The number of nitrogens with zero attached hydrogens (tertiary/aromatic N) is 2. The first-order chi connectivity index (χ1) is 5.66. The van der Waals surface area contributed by atoms with Crippen molar-refractivity contribution < 1.29 is 0 Å². The molecule has 0 saturated carbocycles. The fourth-order valence-corrected chi connectivity index (χ4v) is 2.61. The molecule has 0 aliphatic carbocycles. The largest absolute Gasteiger partial charge is 0.312 e. The minimum Gasteiger partial charge on any atom is -0.312 e. The lowest BCUT2D eigenvalue weighted by atomic mass is 10.4. The van der Waals surface area contributed by atoms with Crippen LogP contribution >= 0.6 is 47.8 Å². The Balaban J connectivity index is 2.89. The number of imidazole rings is 1. The lowest BCUT2D eigenvalue weighted by molar-refractivity contribution is 0.680. The Morgan fingerprint density at radius 2 is 2.08 bits per heavy atom. The third-order valence-electron chi connectivity index (χ3n) is 1.38. The van der Waals surface area contributed by atoms with Gasteiger partial charge in [-0.2, -0.15) is 0 Å². The number of allylic oxidation sites excluding steroid dienone is 1. The van der Waals surface area contributed by atoms with Crippen LogP contribution in [0.1, 0.15) is 6.42 Å². The number of aromatic nitrogens is 2. The minimum absolute atomic E-state index is 0.818. The maximum Gasteiger partial charge on any atom is 0.179 e. The maximum atomic E-state index is 4.18. The highest BCUT2D eigenvalue weighted by molar-refractivity contribution is 9.13. The molecule has 2 nitrogen and oxygen atoms in total. The second kappa shape index (κ2) is 4.58. The van der Waals surface area contributed by atoms with Gasteiger partial charge < -0.3 is 4.57 Å². The molecule has 0 saturated heterocycles. The summed E-state index contributed by atoms with van der Waals surface area (Å²) in [6.07, 6.45) is 2.81. The van der Waals surface area contributed by atoms with Crippen LogP contribution in [0.25, 0.3) is 0 Å². The van der Waals surface area contributed by atoms with Crippen LogP contribution in [0.5, 0.6) is 0 Å². The molecule has 0 unspecified atom stereocenters. The van der Waals surface area contributed by atoms with Crippen LogP contribution in [-0.2, 0) is 6.54 Å². The Kier molecular flexibility index (Phi) is 3.99. The predicted octanol–water partition coefficient (Wildman–Crippen LogP) is 3.75. The van der Waals surface area contributed by atoms with E-state index in [2.05, 4.69) is 59.4 Å². The van der Waals surface area contributed by atoms with Gasteiger partial charge in [0, 0.05) is 6.54 Å². The highest BCUT2D eigenvalue weighted by Gasteiger charge is 2.09. The van der Waals surface area contributed by atoms with Crippen molar-refractivity contribution in [3.8, 4) is 0 Å². The molecule has 0 fully saturated rings. The van der Waals surface area contributed by atoms with Crippen LogP contribution in [0.2, 0.25) is 0 Å². The summed E-state index contributed by atoms with van der Waals surface area (Å²) in [7, 11) is 0. The molecule has 0 amide bonds. The van der Waals surface area contributed by atoms with Crippen LogP contribution in [0.3, 0.4) is 0 Å². The number of hydrogen-bond acceptors (Lipinski definition) is 1. The first-order valence-corrected chi connectivity index (χ1v) is 5.72. The van der Waals surface area contributed by atoms with Crippen molar-refractivity contribution in [2.24, 2.45) is 0 Å². The number of rotatable bonds is 3. The smallest absolute Gasteiger partial charge is 0.179 e. The average molecular weight is 359 g/mol. The van der Waals surface area contributed by atoms with Crippen LogP contribution in [-0.4, -0.2) is 9.55 Å². The third kappa shape index (κ3) is 2.20. The Bertz CT molecular complexity index is 293. The first kappa shape index (κ1) is 10.5. The van der Waals surface area contributed by atoms with E-state index in [1.54, 1.807) is 0 Å². The van der Waals surface area contributed by atoms with Gasteiger partial charge in [-0.15, -0.1) is 6.58 Å². The number of halogens is 3. The molecule has 0 spiro atoms. The Labute approximate surface area is 96.4 Å². The molecule has 66 valence electrons. The van der Waals surface area contributed by atoms with Gasteiger partial charge >= 0.3 is 0 Å². The average Bonchev–Trinajstić information content (AvgIpc) is 2.25. The summed E-state index contributed by atoms with van der Waals surface area (Å²) < 4.78 is 4.61. The molecule has 5 heteroatoms.